The Hall–Kier alpha value is -3.95. The number of carbonyl (C=O) groups excluding carboxylic acids is 3. The van der Waals surface area contributed by atoms with E-state index in [9.17, 15) is 14.4 Å². The van der Waals surface area contributed by atoms with E-state index < -0.39 is 43.5 Å². The minimum Gasteiger partial charge on any atom is -0.460 e. The molecule has 0 aliphatic heterocycles. The molecule has 9 heteroatoms. The molecule has 0 saturated carbocycles. The predicted octanol–water partition coefficient (Wildman–Crippen LogP) is 6.72. The van der Waals surface area contributed by atoms with Crippen molar-refractivity contribution in [2.75, 3.05) is 5.32 Å². The second-order valence-electron chi connectivity index (χ2n) is 14.5. The molecule has 0 aromatic heterocycles. The fraction of sp³-hybridized carbons (Fsp3) is 0.432. The van der Waals surface area contributed by atoms with Gasteiger partial charge in [0.1, 0.15) is 17.2 Å². The number of urea groups is 1. The van der Waals surface area contributed by atoms with E-state index in [4.69, 9.17) is 13.9 Å². The molecule has 0 aliphatic rings. The van der Waals surface area contributed by atoms with Crippen molar-refractivity contribution in [2.24, 2.45) is 0 Å². The molecule has 0 fully saturated rings. The van der Waals surface area contributed by atoms with Gasteiger partial charge in [-0.1, -0.05) is 93.6 Å². The van der Waals surface area contributed by atoms with Crippen LogP contribution in [0.15, 0.2) is 84.9 Å². The summed E-state index contributed by atoms with van der Waals surface area (Å²) in [7, 11) is -2.70. The van der Waals surface area contributed by atoms with Gasteiger partial charge in [-0.3, -0.25) is 4.79 Å². The van der Waals surface area contributed by atoms with Crippen molar-refractivity contribution in [2.45, 2.75) is 104 Å². The maximum atomic E-state index is 13.0. The van der Waals surface area contributed by atoms with Gasteiger partial charge in [0, 0.05) is 12.1 Å². The Balaban J connectivity index is 1.73. The van der Waals surface area contributed by atoms with Crippen LogP contribution in [0.3, 0.4) is 0 Å². The first-order valence-corrected chi connectivity index (χ1v) is 17.7. The number of hydrogen-bond acceptors (Lipinski definition) is 6. The third kappa shape index (κ3) is 10.6. The number of ether oxygens (including phenoxy) is 2. The number of nitrogens with one attached hydrogen (secondary N) is 2. The lowest BCUT2D eigenvalue weighted by molar-refractivity contribution is -0.158. The summed E-state index contributed by atoms with van der Waals surface area (Å²) in [6.07, 6.45) is -0.0166. The van der Waals surface area contributed by atoms with Crippen molar-refractivity contribution in [1.82, 2.24) is 5.32 Å². The molecule has 0 radical (unpaired) electrons. The molecule has 3 rings (SSSR count). The Morgan fingerprint density at radius 2 is 1.20 bits per heavy atom. The number of esters is 2. The predicted molar refractivity (Wildman–Crippen MR) is 186 cm³/mol. The fourth-order valence-corrected chi connectivity index (χ4v) is 9.78. The highest BCUT2D eigenvalue weighted by molar-refractivity contribution is 6.99. The molecule has 0 spiro atoms. The summed E-state index contributed by atoms with van der Waals surface area (Å²) in [5.74, 6) is -1.08. The van der Waals surface area contributed by atoms with Crippen molar-refractivity contribution in [1.29, 1.82) is 0 Å². The molecule has 46 heavy (non-hydrogen) atoms. The molecular formula is C37H50N2O6Si. The third-order valence-electron chi connectivity index (χ3n) is 7.14. The number of hydrogen-bond donors (Lipinski definition) is 2. The lowest BCUT2D eigenvalue weighted by atomic mass is 10.1. The Bertz CT molecular complexity index is 1400. The standard InChI is InChI=1S/C37H50N2O6Si/c1-35(2,3)44-32(40)25-24-31(33(41)45-36(4,5)6)39-34(42)38-28-22-20-27(21-23-28)26-43-46(37(7,8)9,29-16-12-10-13-17-29)30-18-14-11-15-19-30/h10-23,31H,24-26H2,1-9H3,(H2,38,39,42)/t31-/m0/s1. The van der Waals surface area contributed by atoms with E-state index >= 15 is 0 Å². The van der Waals surface area contributed by atoms with Crippen LogP contribution in [0.2, 0.25) is 5.04 Å². The van der Waals surface area contributed by atoms with Gasteiger partial charge in [0.15, 0.2) is 0 Å². The van der Waals surface area contributed by atoms with Gasteiger partial charge in [0.2, 0.25) is 0 Å². The van der Waals surface area contributed by atoms with Crippen molar-refractivity contribution in [3.63, 3.8) is 0 Å². The summed E-state index contributed by atoms with van der Waals surface area (Å²) in [6.45, 7) is 17.7. The van der Waals surface area contributed by atoms with Gasteiger partial charge < -0.3 is 24.5 Å². The van der Waals surface area contributed by atoms with Crippen LogP contribution in [-0.2, 0) is 30.1 Å². The Labute approximate surface area is 275 Å². The SMILES string of the molecule is CC(C)(C)OC(=O)CC[C@H](NC(=O)Nc1ccc(CO[Si](c2ccccc2)(c2ccccc2)C(C)(C)C)cc1)C(=O)OC(C)(C)C. The van der Waals surface area contributed by atoms with E-state index in [1.165, 1.54) is 10.4 Å². The van der Waals surface area contributed by atoms with Gasteiger partial charge in [-0.25, -0.2) is 9.59 Å². The van der Waals surface area contributed by atoms with E-state index in [1.54, 1.807) is 53.7 Å². The van der Waals surface area contributed by atoms with Crippen molar-refractivity contribution in [3.05, 3.63) is 90.5 Å². The first-order chi connectivity index (χ1) is 21.4. The van der Waals surface area contributed by atoms with Crippen LogP contribution in [0, 0.1) is 0 Å². The first kappa shape index (κ1) is 36.5. The highest BCUT2D eigenvalue weighted by Crippen LogP contribution is 2.37. The summed E-state index contributed by atoms with van der Waals surface area (Å²) in [6, 6.07) is 26.7. The highest BCUT2D eigenvalue weighted by atomic mass is 28.4. The smallest absolute Gasteiger partial charge is 0.329 e. The topological polar surface area (TPSA) is 103 Å². The Morgan fingerprint density at radius 3 is 1.65 bits per heavy atom. The summed E-state index contributed by atoms with van der Waals surface area (Å²) in [5, 5.41) is 7.71. The largest absolute Gasteiger partial charge is 0.460 e. The Morgan fingerprint density at radius 1 is 0.696 bits per heavy atom. The summed E-state index contributed by atoms with van der Waals surface area (Å²) >= 11 is 0. The van der Waals surface area contributed by atoms with Crippen molar-refractivity contribution >= 4 is 42.3 Å². The normalized spacial score (nSPS) is 13.0. The molecule has 8 nitrogen and oxygen atoms in total. The zero-order chi connectivity index (χ0) is 34.2. The number of benzene rings is 3. The molecule has 0 heterocycles. The lowest BCUT2D eigenvalue weighted by Crippen LogP contribution is -2.66. The maximum absolute atomic E-state index is 13.0. The number of amides is 2. The number of carbonyl (C=O) groups is 3. The van der Waals surface area contributed by atoms with E-state index in [0.29, 0.717) is 12.3 Å². The van der Waals surface area contributed by atoms with Gasteiger partial charge in [0.25, 0.3) is 8.32 Å². The maximum Gasteiger partial charge on any atom is 0.329 e. The minimum absolute atomic E-state index is 0.0375. The third-order valence-corrected chi connectivity index (χ3v) is 12.1. The van der Waals surface area contributed by atoms with Crippen LogP contribution in [0.25, 0.3) is 0 Å². The quantitative estimate of drug-likeness (QED) is 0.177. The summed E-state index contributed by atoms with van der Waals surface area (Å²) < 4.78 is 17.9. The molecule has 1 atom stereocenters. The molecule has 2 amide bonds. The molecule has 3 aromatic rings. The monoisotopic (exact) mass is 646 g/mol. The van der Waals surface area contributed by atoms with E-state index in [-0.39, 0.29) is 17.9 Å². The first-order valence-electron chi connectivity index (χ1n) is 15.8. The van der Waals surface area contributed by atoms with Gasteiger partial charge in [-0.15, -0.1) is 0 Å². The van der Waals surface area contributed by atoms with Gasteiger partial charge in [0.05, 0.1) is 6.61 Å². The zero-order valence-electron chi connectivity index (χ0n) is 28.7. The van der Waals surface area contributed by atoms with Crippen LogP contribution in [-0.4, -0.2) is 43.5 Å². The number of anilines is 1. The molecule has 0 aliphatic carbocycles. The minimum atomic E-state index is -2.70. The van der Waals surface area contributed by atoms with Crippen molar-refractivity contribution in [3.8, 4) is 0 Å². The van der Waals surface area contributed by atoms with Crippen LogP contribution >= 0.6 is 0 Å². The van der Waals surface area contributed by atoms with E-state index in [1.807, 2.05) is 24.3 Å². The average molecular weight is 647 g/mol. The van der Waals surface area contributed by atoms with Crippen LogP contribution in [0.1, 0.15) is 80.7 Å². The molecule has 248 valence electrons. The van der Waals surface area contributed by atoms with Gasteiger partial charge >= 0.3 is 18.0 Å². The molecule has 2 N–H and O–H groups in total. The fourth-order valence-electron chi connectivity index (χ4n) is 5.24. The second kappa shape index (κ2) is 15.1. The molecule has 0 saturated heterocycles. The summed E-state index contributed by atoms with van der Waals surface area (Å²) in [4.78, 5) is 38.2. The van der Waals surface area contributed by atoms with Crippen molar-refractivity contribution < 1.29 is 28.3 Å². The van der Waals surface area contributed by atoms with Crippen LogP contribution < -0.4 is 21.0 Å². The van der Waals surface area contributed by atoms with E-state index in [2.05, 4.69) is 79.9 Å². The Kier molecular flexibility index (Phi) is 12.0. The van der Waals surface area contributed by atoms with Gasteiger partial charge in [-0.2, -0.15) is 0 Å². The van der Waals surface area contributed by atoms with E-state index in [0.717, 1.165) is 5.56 Å². The van der Waals surface area contributed by atoms with Crippen LogP contribution in [0.4, 0.5) is 10.5 Å². The molecular weight excluding hydrogens is 597 g/mol. The average Bonchev–Trinajstić information content (AvgIpc) is 2.95. The molecule has 3 aromatic carbocycles. The van der Waals surface area contributed by atoms with Gasteiger partial charge in [-0.05, 0) is 81.1 Å². The highest BCUT2D eigenvalue weighted by Gasteiger charge is 2.50. The molecule has 0 bridgehead atoms. The second-order valence-corrected chi connectivity index (χ2v) is 18.8. The van der Waals surface area contributed by atoms with Crippen LogP contribution in [0.5, 0.6) is 0 Å². The summed E-state index contributed by atoms with van der Waals surface area (Å²) in [5.41, 5.74) is 0.0934. The number of rotatable bonds is 11. The lowest BCUT2D eigenvalue weighted by Gasteiger charge is -2.43. The molecule has 0 unspecified atom stereocenters. The zero-order valence-corrected chi connectivity index (χ0v) is 29.7.